The van der Waals surface area contributed by atoms with E-state index in [1.807, 2.05) is 13.0 Å². The van der Waals surface area contributed by atoms with Crippen molar-refractivity contribution in [2.75, 3.05) is 6.54 Å². The summed E-state index contributed by atoms with van der Waals surface area (Å²) in [5, 5.41) is 3.54. The van der Waals surface area contributed by atoms with E-state index in [9.17, 15) is 9.18 Å². The van der Waals surface area contributed by atoms with Gasteiger partial charge in [0.15, 0.2) is 5.16 Å². The van der Waals surface area contributed by atoms with E-state index >= 15 is 0 Å². The Morgan fingerprint density at radius 1 is 1.40 bits per heavy atom. The van der Waals surface area contributed by atoms with Crippen molar-refractivity contribution < 1.29 is 4.39 Å². The molecule has 0 atom stereocenters. The first-order valence-corrected chi connectivity index (χ1v) is 7.15. The average molecular weight is 293 g/mol. The lowest BCUT2D eigenvalue weighted by Crippen LogP contribution is -2.11. The Hall–Kier alpha value is -1.66. The van der Waals surface area contributed by atoms with Crippen LogP contribution in [-0.2, 0) is 6.54 Å². The highest BCUT2D eigenvalue weighted by molar-refractivity contribution is 7.99. The van der Waals surface area contributed by atoms with Crippen LogP contribution in [0.2, 0.25) is 0 Å². The molecule has 20 heavy (non-hydrogen) atoms. The van der Waals surface area contributed by atoms with Gasteiger partial charge in [-0.25, -0.2) is 9.37 Å². The Morgan fingerprint density at radius 3 is 2.85 bits per heavy atom. The number of nitrogens with zero attached hydrogens (tertiary/aromatic N) is 1. The van der Waals surface area contributed by atoms with Crippen LogP contribution >= 0.6 is 11.8 Å². The molecule has 0 aliphatic rings. The van der Waals surface area contributed by atoms with Crippen molar-refractivity contribution in [2.45, 2.75) is 30.4 Å². The molecule has 0 aliphatic carbocycles. The molecule has 1 aromatic heterocycles. The minimum Gasteiger partial charge on any atom is -0.313 e. The maximum absolute atomic E-state index is 14.0. The molecule has 4 nitrogen and oxygen atoms in total. The first kappa shape index (κ1) is 14.7. The van der Waals surface area contributed by atoms with Gasteiger partial charge in [0.2, 0.25) is 0 Å². The molecule has 0 unspecified atom stereocenters. The Morgan fingerprint density at radius 2 is 2.20 bits per heavy atom. The van der Waals surface area contributed by atoms with Crippen molar-refractivity contribution in [1.29, 1.82) is 0 Å². The normalized spacial score (nSPS) is 10.8. The number of halogens is 1. The van der Waals surface area contributed by atoms with Gasteiger partial charge in [0, 0.05) is 18.3 Å². The third-order valence-corrected chi connectivity index (χ3v) is 3.57. The molecule has 0 spiro atoms. The number of hydrogen-bond acceptors (Lipinski definition) is 4. The van der Waals surface area contributed by atoms with Crippen LogP contribution in [0.5, 0.6) is 0 Å². The second kappa shape index (κ2) is 6.67. The van der Waals surface area contributed by atoms with E-state index in [0.717, 1.165) is 23.9 Å². The first-order valence-electron chi connectivity index (χ1n) is 6.33. The van der Waals surface area contributed by atoms with Crippen LogP contribution in [0.1, 0.15) is 18.2 Å². The average Bonchev–Trinajstić information content (AvgIpc) is 2.38. The maximum atomic E-state index is 14.0. The Labute approximate surface area is 120 Å². The lowest BCUT2D eigenvalue weighted by molar-refractivity contribution is 0.596. The predicted molar refractivity (Wildman–Crippen MR) is 77.5 cm³/mol. The first-order chi connectivity index (χ1) is 9.58. The predicted octanol–water partition coefficient (Wildman–Crippen LogP) is 2.48. The lowest BCUT2D eigenvalue weighted by Gasteiger charge is -2.06. The quantitative estimate of drug-likeness (QED) is 0.832. The fourth-order valence-corrected chi connectivity index (χ4v) is 2.55. The SMILES string of the molecule is CCNCc1ccc(Sc2nc(C)cc(=O)[nH]2)c(F)c1. The summed E-state index contributed by atoms with van der Waals surface area (Å²) < 4.78 is 14.0. The second-order valence-corrected chi connectivity index (χ2v) is 5.37. The molecule has 1 heterocycles. The molecule has 0 saturated carbocycles. The van der Waals surface area contributed by atoms with Gasteiger partial charge < -0.3 is 10.3 Å². The van der Waals surface area contributed by atoms with Crippen LogP contribution in [-0.4, -0.2) is 16.5 Å². The monoisotopic (exact) mass is 293 g/mol. The highest BCUT2D eigenvalue weighted by atomic mass is 32.2. The Balaban J connectivity index is 2.19. The van der Waals surface area contributed by atoms with E-state index in [2.05, 4.69) is 15.3 Å². The van der Waals surface area contributed by atoms with Crippen LogP contribution < -0.4 is 10.9 Å². The van der Waals surface area contributed by atoms with E-state index in [-0.39, 0.29) is 11.4 Å². The van der Waals surface area contributed by atoms with E-state index in [1.165, 1.54) is 12.1 Å². The lowest BCUT2D eigenvalue weighted by atomic mass is 10.2. The van der Waals surface area contributed by atoms with Gasteiger partial charge in [-0.15, -0.1) is 0 Å². The summed E-state index contributed by atoms with van der Waals surface area (Å²) in [4.78, 5) is 18.6. The summed E-state index contributed by atoms with van der Waals surface area (Å²) in [6.45, 7) is 5.21. The van der Waals surface area contributed by atoms with Gasteiger partial charge >= 0.3 is 0 Å². The molecule has 106 valence electrons. The molecule has 0 aliphatic heterocycles. The van der Waals surface area contributed by atoms with Crippen LogP contribution in [0, 0.1) is 12.7 Å². The van der Waals surface area contributed by atoms with E-state index in [0.29, 0.717) is 22.3 Å². The van der Waals surface area contributed by atoms with Gasteiger partial charge in [0.25, 0.3) is 5.56 Å². The molecule has 0 amide bonds. The van der Waals surface area contributed by atoms with Crippen LogP contribution in [0.3, 0.4) is 0 Å². The number of aromatic nitrogens is 2. The number of aromatic amines is 1. The van der Waals surface area contributed by atoms with Crippen molar-refractivity contribution in [3.63, 3.8) is 0 Å². The number of aryl methyl sites for hydroxylation is 1. The van der Waals surface area contributed by atoms with Crippen molar-refractivity contribution in [2.24, 2.45) is 0 Å². The molecule has 2 aromatic rings. The summed E-state index contributed by atoms with van der Waals surface area (Å²) in [5.74, 6) is -0.311. The van der Waals surface area contributed by atoms with E-state index < -0.39 is 0 Å². The minimum atomic E-state index is -0.311. The van der Waals surface area contributed by atoms with Crippen molar-refractivity contribution in [3.05, 3.63) is 51.7 Å². The minimum absolute atomic E-state index is 0.232. The molecule has 2 N–H and O–H groups in total. The largest absolute Gasteiger partial charge is 0.313 e. The van der Waals surface area contributed by atoms with Gasteiger partial charge in [-0.05, 0) is 42.9 Å². The molecule has 1 aromatic carbocycles. The zero-order valence-corrected chi connectivity index (χ0v) is 12.2. The Bertz CT molecular complexity index is 657. The van der Waals surface area contributed by atoms with Gasteiger partial charge in [-0.3, -0.25) is 4.79 Å². The fraction of sp³-hybridized carbons (Fsp3) is 0.286. The van der Waals surface area contributed by atoms with Gasteiger partial charge in [-0.1, -0.05) is 13.0 Å². The van der Waals surface area contributed by atoms with Crippen LogP contribution in [0.25, 0.3) is 0 Å². The Kier molecular flexibility index (Phi) is 4.92. The van der Waals surface area contributed by atoms with Gasteiger partial charge in [-0.2, -0.15) is 0 Å². The molecule has 6 heteroatoms. The number of benzene rings is 1. The van der Waals surface area contributed by atoms with E-state index in [4.69, 9.17) is 0 Å². The third kappa shape index (κ3) is 3.91. The van der Waals surface area contributed by atoms with Crippen molar-refractivity contribution in [1.82, 2.24) is 15.3 Å². The van der Waals surface area contributed by atoms with Crippen molar-refractivity contribution in [3.8, 4) is 0 Å². The zero-order chi connectivity index (χ0) is 14.5. The summed E-state index contributed by atoms with van der Waals surface area (Å²) in [7, 11) is 0. The van der Waals surface area contributed by atoms with Gasteiger partial charge in [0.1, 0.15) is 5.82 Å². The van der Waals surface area contributed by atoms with E-state index in [1.54, 1.807) is 13.0 Å². The summed E-state index contributed by atoms with van der Waals surface area (Å²) in [6.07, 6.45) is 0. The fourth-order valence-electron chi connectivity index (χ4n) is 1.71. The van der Waals surface area contributed by atoms with Gasteiger partial charge in [0.05, 0.1) is 4.90 Å². The third-order valence-electron chi connectivity index (χ3n) is 2.63. The standard InChI is InChI=1S/C14H16FN3OS/c1-3-16-8-10-4-5-12(11(15)7-10)20-14-17-9(2)6-13(19)18-14/h4-7,16H,3,8H2,1-2H3,(H,17,18,19). The van der Waals surface area contributed by atoms with Crippen LogP contribution in [0.4, 0.5) is 4.39 Å². The van der Waals surface area contributed by atoms with Crippen molar-refractivity contribution >= 4 is 11.8 Å². The zero-order valence-electron chi connectivity index (χ0n) is 11.4. The highest BCUT2D eigenvalue weighted by Crippen LogP contribution is 2.27. The highest BCUT2D eigenvalue weighted by Gasteiger charge is 2.08. The smallest absolute Gasteiger partial charge is 0.251 e. The summed E-state index contributed by atoms with van der Waals surface area (Å²) in [6, 6.07) is 6.47. The maximum Gasteiger partial charge on any atom is 0.251 e. The molecule has 0 radical (unpaired) electrons. The summed E-state index contributed by atoms with van der Waals surface area (Å²) in [5.41, 5.74) is 1.27. The molecule has 0 saturated heterocycles. The number of hydrogen-bond donors (Lipinski definition) is 2. The number of H-pyrrole nitrogens is 1. The molecule has 0 fully saturated rings. The molecule has 2 rings (SSSR count). The molecule has 0 bridgehead atoms. The topological polar surface area (TPSA) is 57.8 Å². The second-order valence-electron chi connectivity index (χ2n) is 4.34. The van der Waals surface area contributed by atoms with Crippen LogP contribution in [0.15, 0.2) is 39.1 Å². The molecular formula is C14H16FN3OS. The summed E-state index contributed by atoms with van der Waals surface area (Å²) >= 11 is 1.11. The number of rotatable bonds is 5. The molecular weight excluding hydrogens is 277 g/mol. The number of nitrogens with one attached hydrogen (secondary N) is 2.